The van der Waals surface area contributed by atoms with E-state index >= 15 is 0 Å². The molecule has 0 unspecified atom stereocenters. The van der Waals surface area contributed by atoms with Gasteiger partial charge < -0.3 is 4.43 Å². The number of hydrogen-bond acceptors (Lipinski definition) is 1. The lowest BCUT2D eigenvalue weighted by Crippen LogP contribution is -2.66. The van der Waals surface area contributed by atoms with Crippen LogP contribution in [0.25, 0.3) is 0 Å². The van der Waals surface area contributed by atoms with Crippen LogP contribution in [0.15, 0.2) is 60.7 Å². The normalized spacial score (nSPS) is 16.3. The average Bonchev–Trinajstić information content (AvgIpc) is 3.12. The first kappa shape index (κ1) is 49.8. The van der Waals surface area contributed by atoms with Crippen LogP contribution in [-0.4, -0.2) is 14.9 Å². The van der Waals surface area contributed by atoms with Gasteiger partial charge in [-0.05, 0) is 95.4 Å². The molecule has 0 heterocycles. The first-order chi connectivity index (χ1) is 26.3. The monoisotopic (exact) mass is 775 g/mol. The molecule has 0 saturated heterocycles. The smallest absolute Gasteiger partial charge is 0.261 e. The van der Waals surface area contributed by atoms with E-state index in [0.29, 0.717) is 5.92 Å². The second-order valence-electron chi connectivity index (χ2n) is 20.5. The van der Waals surface area contributed by atoms with Gasteiger partial charge in [-0.15, -0.1) is 0 Å². The van der Waals surface area contributed by atoms with Crippen LogP contribution in [0.2, 0.25) is 5.04 Å². The first-order valence-corrected chi connectivity index (χ1v) is 25.9. The standard InChI is InChI=1S/C53H94OSi/c1-12-13-14-15-16-17-18-19-20-21-22-23-24-27-32-44(2)37-45(3)38-46(4)39-47(5)40-48(6)41-49(7)42-50(8)43-54-55(53(9,10)11,51-33-28-25-29-34-51)52-35-30-26-31-36-52/h25-26,28-31,33-36,44-50H,12-24,27,32,37-43H2,1-11H3/t44-,45-,46-,47-,48-,49-,50-/m0/s1. The summed E-state index contributed by atoms with van der Waals surface area (Å²) < 4.78 is 7.30. The molecule has 0 aliphatic rings. The topological polar surface area (TPSA) is 9.23 Å². The molecule has 0 radical (unpaired) electrons. The van der Waals surface area contributed by atoms with Gasteiger partial charge in [-0.2, -0.15) is 0 Å². The molecule has 2 aromatic rings. The Morgan fingerprint density at radius 2 is 0.727 bits per heavy atom. The maximum atomic E-state index is 7.30. The Hall–Kier alpha value is -1.38. The zero-order valence-corrected chi connectivity index (χ0v) is 39.8. The lowest BCUT2D eigenvalue weighted by molar-refractivity contribution is 0.210. The van der Waals surface area contributed by atoms with Crippen molar-refractivity contribution in [3.05, 3.63) is 60.7 Å². The highest BCUT2D eigenvalue weighted by Gasteiger charge is 2.50. The third kappa shape index (κ3) is 20.2. The fourth-order valence-corrected chi connectivity index (χ4v) is 15.2. The second kappa shape index (κ2) is 28.1. The molecule has 0 N–H and O–H groups in total. The van der Waals surface area contributed by atoms with Crippen molar-refractivity contribution in [2.24, 2.45) is 41.4 Å². The number of benzene rings is 2. The van der Waals surface area contributed by atoms with Gasteiger partial charge in [-0.3, -0.25) is 0 Å². The molecular weight excluding hydrogens is 681 g/mol. The predicted octanol–water partition coefficient (Wildman–Crippen LogP) is 16.2. The second-order valence-corrected chi connectivity index (χ2v) is 24.8. The van der Waals surface area contributed by atoms with Gasteiger partial charge in [0.05, 0.1) is 0 Å². The van der Waals surface area contributed by atoms with Crippen molar-refractivity contribution in [2.75, 3.05) is 6.61 Å². The quantitative estimate of drug-likeness (QED) is 0.0531. The van der Waals surface area contributed by atoms with Crippen LogP contribution in [0.4, 0.5) is 0 Å². The van der Waals surface area contributed by atoms with Crippen molar-refractivity contribution >= 4 is 18.7 Å². The van der Waals surface area contributed by atoms with Crippen molar-refractivity contribution in [2.45, 2.75) is 216 Å². The molecule has 0 bridgehead atoms. The van der Waals surface area contributed by atoms with Crippen LogP contribution >= 0.6 is 0 Å². The van der Waals surface area contributed by atoms with Crippen LogP contribution in [-0.2, 0) is 4.43 Å². The Bertz CT molecular complexity index is 1130. The molecule has 1 nitrogen and oxygen atoms in total. The Morgan fingerprint density at radius 1 is 0.418 bits per heavy atom. The van der Waals surface area contributed by atoms with Gasteiger partial charge in [-0.25, -0.2) is 0 Å². The zero-order chi connectivity index (χ0) is 40.5. The molecule has 0 saturated carbocycles. The van der Waals surface area contributed by atoms with Gasteiger partial charge in [-0.1, -0.05) is 233 Å². The zero-order valence-electron chi connectivity index (χ0n) is 38.8. The minimum atomic E-state index is -2.47. The van der Waals surface area contributed by atoms with Crippen molar-refractivity contribution in [1.29, 1.82) is 0 Å². The first-order valence-electron chi connectivity index (χ1n) is 24.0. The van der Waals surface area contributed by atoms with Gasteiger partial charge in [0.2, 0.25) is 0 Å². The minimum Gasteiger partial charge on any atom is -0.407 e. The fourth-order valence-electron chi connectivity index (χ4n) is 10.5. The largest absolute Gasteiger partial charge is 0.407 e. The van der Waals surface area contributed by atoms with E-state index in [1.807, 2.05) is 0 Å². The highest BCUT2D eigenvalue weighted by atomic mass is 28.4. The van der Waals surface area contributed by atoms with Gasteiger partial charge in [0.15, 0.2) is 0 Å². The van der Waals surface area contributed by atoms with Crippen LogP contribution < -0.4 is 10.4 Å². The molecule has 316 valence electrons. The van der Waals surface area contributed by atoms with E-state index in [-0.39, 0.29) is 5.04 Å². The van der Waals surface area contributed by atoms with Crippen molar-refractivity contribution in [3.63, 3.8) is 0 Å². The summed E-state index contributed by atoms with van der Waals surface area (Å²) in [6.07, 6.45) is 29.9. The Kier molecular flexibility index (Phi) is 25.4. The van der Waals surface area contributed by atoms with Gasteiger partial charge in [0.25, 0.3) is 8.32 Å². The van der Waals surface area contributed by atoms with E-state index in [9.17, 15) is 0 Å². The molecule has 0 spiro atoms. The van der Waals surface area contributed by atoms with Crippen LogP contribution in [0, 0.1) is 41.4 Å². The SMILES string of the molecule is CCCCCCCCCCCCCCCC[C@H](C)C[C@H](C)C[C@H](C)C[C@H](C)C[C@H](C)C[C@H](C)C[C@H](C)CO[Si](c1ccccc1)(c1ccccc1)C(C)(C)C. The summed E-state index contributed by atoms with van der Waals surface area (Å²) in [5.74, 6) is 5.43. The lowest BCUT2D eigenvalue weighted by Gasteiger charge is -2.43. The van der Waals surface area contributed by atoms with Crippen molar-refractivity contribution in [1.82, 2.24) is 0 Å². The molecular formula is C53H94OSi. The molecule has 2 rings (SSSR count). The Labute approximate surface area is 346 Å². The Balaban J connectivity index is 1.64. The summed E-state index contributed by atoms with van der Waals surface area (Å²) in [4.78, 5) is 0. The summed E-state index contributed by atoms with van der Waals surface area (Å²) in [5.41, 5.74) is 0. The number of unbranched alkanes of at least 4 members (excludes halogenated alkanes) is 13. The van der Waals surface area contributed by atoms with E-state index in [4.69, 9.17) is 4.43 Å². The highest BCUT2D eigenvalue weighted by Crippen LogP contribution is 2.38. The van der Waals surface area contributed by atoms with E-state index in [1.165, 1.54) is 145 Å². The Morgan fingerprint density at radius 3 is 1.07 bits per heavy atom. The van der Waals surface area contributed by atoms with Gasteiger partial charge in [0, 0.05) is 6.61 Å². The van der Waals surface area contributed by atoms with E-state index < -0.39 is 8.32 Å². The van der Waals surface area contributed by atoms with Crippen LogP contribution in [0.5, 0.6) is 0 Å². The molecule has 7 atom stereocenters. The molecule has 55 heavy (non-hydrogen) atoms. The van der Waals surface area contributed by atoms with E-state index in [2.05, 4.69) is 137 Å². The maximum Gasteiger partial charge on any atom is 0.261 e. The molecule has 0 aliphatic carbocycles. The van der Waals surface area contributed by atoms with E-state index in [0.717, 1.165) is 42.1 Å². The van der Waals surface area contributed by atoms with Crippen molar-refractivity contribution < 1.29 is 4.43 Å². The van der Waals surface area contributed by atoms with Gasteiger partial charge >= 0.3 is 0 Å². The van der Waals surface area contributed by atoms with E-state index in [1.54, 1.807) is 0 Å². The molecule has 0 aliphatic heterocycles. The summed E-state index contributed by atoms with van der Waals surface area (Å²) in [5, 5.41) is 2.80. The fraction of sp³-hybridized carbons (Fsp3) is 0.774. The van der Waals surface area contributed by atoms with Crippen LogP contribution in [0.1, 0.15) is 211 Å². The summed E-state index contributed by atoms with van der Waals surface area (Å²) in [6.45, 7) is 27.9. The highest BCUT2D eigenvalue weighted by molar-refractivity contribution is 6.99. The van der Waals surface area contributed by atoms with Gasteiger partial charge in [0.1, 0.15) is 0 Å². The van der Waals surface area contributed by atoms with Crippen molar-refractivity contribution in [3.8, 4) is 0 Å². The lowest BCUT2D eigenvalue weighted by atomic mass is 9.81. The predicted molar refractivity (Wildman–Crippen MR) is 250 cm³/mol. The molecule has 0 fully saturated rings. The maximum absolute atomic E-state index is 7.30. The third-order valence-electron chi connectivity index (χ3n) is 12.9. The molecule has 0 aromatic heterocycles. The number of rotatable bonds is 32. The third-order valence-corrected chi connectivity index (χ3v) is 17.9. The minimum absolute atomic E-state index is 0.0322. The number of hydrogen-bond donors (Lipinski definition) is 0. The summed E-state index contributed by atoms with van der Waals surface area (Å²) in [6, 6.07) is 22.3. The summed E-state index contributed by atoms with van der Waals surface area (Å²) >= 11 is 0. The molecule has 2 aromatic carbocycles. The molecule has 2 heteroatoms. The van der Waals surface area contributed by atoms with Crippen LogP contribution in [0.3, 0.4) is 0 Å². The molecule has 0 amide bonds. The average molecular weight is 775 g/mol. The summed E-state index contributed by atoms with van der Waals surface area (Å²) in [7, 11) is -2.47.